The van der Waals surface area contributed by atoms with Crippen LogP contribution in [-0.2, 0) is 87.2 Å². The molecule has 26 nitrogen and oxygen atoms in total. The Morgan fingerprint density at radius 2 is 0.844 bits per heavy atom. The van der Waals surface area contributed by atoms with Gasteiger partial charge in [-0.2, -0.15) is 0 Å². The van der Waals surface area contributed by atoms with E-state index in [1.54, 1.807) is 42.5 Å². The number of benzene rings is 3. The van der Waals surface area contributed by atoms with Crippen molar-refractivity contribution in [2.45, 2.75) is 31.7 Å². The zero-order valence-electron chi connectivity index (χ0n) is 50.1. The molecule has 6 amide bonds. The smallest absolute Gasteiger partial charge is 0.326 e. The van der Waals surface area contributed by atoms with Crippen LogP contribution >= 0.6 is 46.4 Å². The lowest BCUT2D eigenvalue weighted by Gasteiger charge is -2.17. The number of hydrogen-bond acceptors (Lipinski definition) is 20. The van der Waals surface area contributed by atoms with Crippen LogP contribution in [0, 0.1) is 0 Å². The summed E-state index contributed by atoms with van der Waals surface area (Å²) in [6.07, 6.45) is 2.93. The summed E-state index contributed by atoms with van der Waals surface area (Å²) >= 11 is 25.1. The first-order valence-electron chi connectivity index (χ1n) is 29.2. The van der Waals surface area contributed by atoms with Gasteiger partial charge in [-0.05, 0) is 48.4 Å². The van der Waals surface area contributed by atoms with E-state index in [1.165, 1.54) is 24.3 Å². The van der Waals surface area contributed by atoms with Crippen molar-refractivity contribution < 1.29 is 100 Å². The Kier molecular flexibility index (Phi) is 41.1. The summed E-state index contributed by atoms with van der Waals surface area (Å²) < 4.78 is 71.6. The number of anilines is 1. The van der Waals surface area contributed by atoms with E-state index in [9.17, 15) is 38.7 Å². The van der Waals surface area contributed by atoms with Gasteiger partial charge in [0, 0.05) is 56.7 Å². The standard InChI is InChI=1S/C60H81Cl4N5O21/c61-47-3-1-4-48(62)56(47)58(74)67-45-7-5-44(6-8-45)41-51(60(76)77)68-59(75)57-49(63)42-46(43-50(57)64)90-16-2-13-65-53(71)12-17-78-19-21-80-23-25-82-27-29-84-31-33-86-35-37-88-39-40-89-38-36-87-34-32-85-30-28-83-26-24-81-22-20-79-18-14-66-52(70)11-15-69-54(72)9-10-55(69)73/h1,3-10,42-43,51H,2,11-41H2,(H,65,71)(H,66,70)(H,67,74)(H,68,75)(H,76,77)/t51-/m0/s1. The Bertz CT molecular complexity index is 2580. The fraction of sp³-hybridized carbons (Fsp3) is 0.550. The number of rotatable bonds is 54. The van der Waals surface area contributed by atoms with Crippen LogP contribution in [0.25, 0.3) is 0 Å². The van der Waals surface area contributed by atoms with Crippen molar-refractivity contribution in [3.05, 3.63) is 104 Å². The number of hydrogen-bond donors (Lipinski definition) is 5. The number of carbonyl (C=O) groups is 7. The Morgan fingerprint density at radius 3 is 1.28 bits per heavy atom. The lowest BCUT2D eigenvalue weighted by atomic mass is 10.0. The zero-order chi connectivity index (χ0) is 64.8. The number of nitrogens with zero attached hydrogens (tertiary/aromatic N) is 1. The molecule has 4 rings (SSSR count). The summed E-state index contributed by atoms with van der Waals surface area (Å²) in [7, 11) is 0. The van der Waals surface area contributed by atoms with Crippen LogP contribution in [0.1, 0.15) is 45.5 Å². The molecule has 1 heterocycles. The van der Waals surface area contributed by atoms with Crippen molar-refractivity contribution >= 4 is 93.5 Å². The molecule has 3 aromatic rings. The maximum atomic E-state index is 13.2. The van der Waals surface area contributed by atoms with Crippen molar-refractivity contribution in [3.8, 4) is 5.75 Å². The van der Waals surface area contributed by atoms with Crippen molar-refractivity contribution in [1.29, 1.82) is 0 Å². The van der Waals surface area contributed by atoms with Gasteiger partial charge in [0.1, 0.15) is 11.8 Å². The minimum absolute atomic E-state index is 0.0359. The highest BCUT2D eigenvalue weighted by atomic mass is 35.5. The molecule has 0 bridgehead atoms. The third-order valence-electron chi connectivity index (χ3n) is 12.2. The van der Waals surface area contributed by atoms with Crippen molar-refractivity contribution in [2.24, 2.45) is 0 Å². The first kappa shape index (κ1) is 76.8. The summed E-state index contributed by atoms with van der Waals surface area (Å²) in [6.45, 7) is 10.5. The molecule has 1 atom stereocenters. The summed E-state index contributed by atoms with van der Waals surface area (Å²) in [5.41, 5.74) is 0.949. The van der Waals surface area contributed by atoms with Crippen LogP contribution in [0.15, 0.2) is 66.7 Å². The number of carboxylic acid groups (broad SMARTS) is 1. The molecule has 1 aliphatic heterocycles. The maximum Gasteiger partial charge on any atom is 0.326 e. The molecular formula is C60H81Cl4N5O21. The molecule has 0 aliphatic carbocycles. The molecule has 0 radical (unpaired) electrons. The Balaban J connectivity index is 0.823. The molecule has 0 saturated heterocycles. The molecule has 0 aromatic heterocycles. The highest BCUT2D eigenvalue weighted by molar-refractivity contribution is 6.41. The molecule has 5 N–H and O–H groups in total. The number of halogens is 4. The molecule has 0 spiro atoms. The number of imide groups is 1. The van der Waals surface area contributed by atoms with E-state index >= 15 is 0 Å². The Hall–Kier alpha value is -5.63. The summed E-state index contributed by atoms with van der Waals surface area (Å²) in [6, 6.07) is 12.5. The second kappa shape index (κ2) is 48.2. The van der Waals surface area contributed by atoms with Gasteiger partial charge in [0.25, 0.3) is 23.6 Å². The summed E-state index contributed by atoms with van der Waals surface area (Å²) in [4.78, 5) is 86.2. The summed E-state index contributed by atoms with van der Waals surface area (Å²) in [5.74, 6) is -3.63. The number of ether oxygens (including phenoxy) is 13. The fourth-order valence-electron chi connectivity index (χ4n) is 7.63. The molecular weight excluding hydrogens is 1270 g/mol. The van der Waals surface area contributed by atoms with Crippen LogP contribution in [0.2, 0.25) is 20.1 Å². The van der Waals surface area contributed by atoms with E-state index in [2.05, 4.69) is 21.3 Å². The molecule has 0 unspecified atom stereocenters. The third-order valence-corrected chi connectivity index (χ3v) is 13.4. The molecule has 90 heavy (non-hydrogen) atoms. The topological polar surface area (TPSA) is 311 Å². The Labute approximate surface area is 543 Å². The van der Waals surface area contributed by atoms with Gasteiger partial charge >= 0.3 is 5.97 Å². The zero-order valence-corrected chi connectivity index (χ0v) is 53.2. The van der Waals surface area contributed by atoms with Gasteiger partial charge in [0.05, 0.1) is 196 Å². The minimum atomic E-state index is -1.35. The van der Waals surface area contributed by atoms with Crippen LogP contribution < -0.4 is 26.0 Å². The van der Waals surface area contributed by atoms with Gasteiger partial charge in [-0.25, -0.2) is 4.79 Å². The second-order valence-electron chi connectivity index (χ2n) is 19.0. The lowest BCUT2D eigenvalue weighted by Crippen LogP contribution is -2.42. The van der Waals surface area contributed by atoms with Crippen LogP contribution in [-0.4, -0.2) is 242 Å². The van der Waals surface area contributed by atoms with Crippen molar-refractivity contribution in [2.75, 3.05) is 190 Å². The van der Waals surface area contributed by atoms with E-state index in [-0.39, 0.29) is 87.8 Å². The average Bonchev–Trinajstić information content (AvgIpc) is 1.96. The molecule has 3 aromatic carbocycles. The number of carbonyl (C=O) groups excluding carboxylic acids is 6. The third kappa shape index (κ3) is 34.2. The van der Waals surface area contributed by atoms with E-state index in [4.69, 9.17) is 108 Å². The predicted molar refractivity (Wildman–Crippen MR) is 331 cm³/mol. The minimum Gasteiger partial charge on any atom is -0.493 e. The molecule has 0 fully saturated rings. The number of carboxylic acids is 1. The van der Waals surface area contributed by atoms with E-state index < -0.39 is 35.6 Å². The monoisotopic (exact) mass is 1350 g/mol. The molecule has 500 valence electrons. The largest absolute Gasteiger partial charge is 0.493 e. The summed E-state index contributed by atoms with van der Waals surface area (Å²) in [5, 5.41) is 20.8. The van der Waals surface area contributed by atoms with Crippen LogP contribution in [0.5, 0.6) is 5.75 Å². The Morgan fingerprint density at radius 1 is 0.456 bits per heavy atom. The molecule has 30 heteroatoms. The number of amides is 6. The quantitative estimate of drug-likeness (QED) is 0.0371. The molecule has 1 aliphatic rings. The van der Waals surface area contributed by atoms with Crippen molar-refractivity contribution in [1.82, 2.24) is 20.9 Å². The average molecular weight is 1350 g/mol. The first-order valence-corrected chi connectivity index (χ1v) is 30.7. The van der Waals surface area contributed by atoms with Gasteiger partial charge in [-0.15, -0.1) is 0 Å². The normalized spacial score (nSPS) is 12.4. The fourth-order valence-corrected chi connectivity index (χ4v) is 8.84. The first-order chi connectivity index (χ1) is 43.7. The van der Waals surface area contributed by atoms with Gasteiger partial charge < -0.3 is 88.0 Å². The maximum absolute atomic E-state index is 13.2. The van der Waals surface area contributed by atoms with Gasteiger partial charge in [-0.3, -0.25) is 33.7 Å². The van der Waals surface area contributed by atoms with Crippen LogP contribution in [0.4, 0.5) is 5.69 Å². The van der Waals surface area contributed by atoms with E-state index in [1.807, 2.05) is 0 Å². The second-order valence-corrected chi connectivity index (χ2v) is 20.6. The number of aliphatic carboxylic acids is 1. The predicted octanol–water partition coefficient (Wildman–Crippen LogP) is 4.88. The molecule has 0 saturated carbocycles. The lowest BCUT2D eigenvalue weighted by molar-refractivity contribution is -0.139. The van der Waals surface area contributed by atoms with E-state index in [0.29, 0.717) is 183 Å². The van der Waals surface area contributed by atoms with Gasteiger partial charge in [-0.1, -0.05) is 64.6 Å². The van der Waals surface area contributed by atoms with Gasteiger partial charge in [0.15, 0.2) is 0 Å². The SMILES string of the molecule is O=C(CCOCCOCCOCCOCCOCCOCCOCCOCCOCCOCCOCCOCCNC(=O)CCN1C(=O)C=CC1=O)NCCCOc1cc(Cl)c(C(=O)N[C@@H](Cc2ccc(NC(=O)c3c(Cl)cccc3Cl)cc2)C(=O)O)c(Cl)c1. The highest BCUT2D eigenvalue weighted by Crippen LogP contribution is 2.31. The number of nitrogens with one attached hydrogen (secondary N) is 4. The highest BCUT2D eigenvalue weighted by Gasteiger charge is 2.26. The van der Waals surface area contributed by atoms with E-state index in [0.717, 1.165) is 4.90 Å². The van der Waals surface area contributed by atoms with Gasteiger partial charge in [0.2, 0.25) is 11.8 Å². The van der Waals surface area contributed by atoms with Crippen molar-refractivity contribution in [3.63, 3.8) is 0 Å². The van der Waals surface area contributed by atoms with Crippen LogP contribution in [0.3, 0.4) is 0 Å².